The Morgan fingerprint density at radius 3 is 2.61 bits per heavy atom. The van der Waals surface area contributed by atoms with Gasteiger partial charge < -0.3 is 20.5 Å². The normalized spacial score (nSPS) is 16.8. The molecule has 0 saturated carbocycles. The first-order chi connectivity index (χ1) is 16.1. The van der Waals surface area contributed by atoms with E-state index in [1.54, 1.807) is 6.33 Å². The van der Waals surface area contributed by atoms with Gasteiger partial charge in [-0.2, -0.15) is 0 Å². The molecule has 1 amide bonds. The van der Waals surface area contributed by atoms with Gasteiger partial charge in [-0.25, -0.2) is 9.97 Å². The molecule has 2 aromatic carbocycles. The van der Waals surface area contributed by atoms with Gasteiger partial charge in [0.2, 0.25) is 5.91 Å². The average molecular weight is 439 g/mol. The summed E-state index contributed by atoms with van der Waals surface area (Å²) in [5, 5.41) is 7.42. The molecule has 2 aliphatic rings. The fourth-order valence-corrected chi connectivity index (χ4v) is 5.39. The van der Waals surface area contributed by atoms with Crippen molar-refractivity contribution in [1.82, 2.24) is 20.3 Å². The number of H-pyrrole nitrogens is 1. The lowest BCUT2D eigenvalue weighted by atomic mass is 9.74. The van der Waals surface area contributed by atoms with Crippen LogP contribution in [0.15, 0.2) is 61.1 Å². The van der Waals surface area contributed by atoms with Crippen molar-refractivity contribution in [2.24, 2.45) is 0 Å². The molecule has 0 aliphatic carbocycles. The van der Waals surface area contributed by atoms with Crippen molar-refractivity contribution in [3.05, 3.63) is 66.6 Å². The van der Waals surface area contributed by atoms with Gasteiger partial charge in [-0.05, 0) is 73.0 Å². The van der Waals surface area contributed by atoms with E-state index in [4.69, 9.17) is 4.98 Å². The number of aromatic amines is 1. The second-order valence-corrected chi connectivity index (χ2v) is 9.04. The first kappa shape index (κ1) is 19.9. The van der Waals surface area contributed by atoms with Crippen molar-refractivity contribution < 1.29 is 4.79 Å². The van der Waals surface area contributed by atoms with E-state index >= 15 is 0 Å². The van der Waals surface area contributed by atoms with E-state index in [-0.39, 0.29) is 11.3 Å². The predicted octanol–water partition coefficient (Wildman–Crippen LogP) is 4.36. The molecule has 0 bridgehead atoms. The highest BCUT2D eigenvalue weighted by Gasteiger charge is 2.44. The summed E-state index contributed by atoms with van der Waals surface area (Å²) in [6, 6.07) is 16.9. The Morgan fingerprint density at radius 1 is 1.03 bits per heavy atom. The van der Waals surface area contributed by atoms with Gasteiger partial charge in [-0.1, -0.05) is 18.2 Å². The van der Waals surface area contributed by atoms with Gasteiger partial charge in [0.05, 0.1) is 5.39 Å². The van der Waals surface area contributed by atoms with Crippen molar-refractivity contribution in [3.63, 3.8) is 0 Å². The largest absolute Gasteiger partial charge is 0.346 e. The summed E-state index contributed by atoms with van der Waals surface area (Å²) >= 11 is 0. The van der Waals surface area contributed by atoms with E-state index < -0.39 is 0 Å². The minimum absolute atomic E-state index is 0.0607. The quantitative estimate of drug-likeness (QED) is 0.443. The molecule has 6 rings (SSSR count). The maximum atomic E-state index is 11.3. The zero-order valence-electron chi connectivity index (χ0n) is 18.6. The summed E-state index contributed by atoms with van der Waals surface area (Å²) in [6.07, 6.45) is 5.77. The third-order valence-electron chi connectivity index (χ3n) is 7.01. The molecule has 1 spiro atoms. The minimum Gasteiger partial charge on any atom is -0.346 e. The van der Waals surface area contributed by atoms with Crippen LogP contribution in [0.5, 0.6) is 0 Å². The van der Waals surface area contributed by atoms with Gasteiger partial charge in [0, 0.05) is 36.5 Å². The number of hydrogen-bond acceptors (Lipinski definition) is 5. The molecule has 0 atom stereocenters. The summed E-state index contributed by atoms with van der Waals surface area (Å²) < 4.78 is 0. The zero-order valence-corrected chi connectivity index (χ0v) is 18.6. The van der Waals surface area contributed by atoms with E-state index in [0.29, 0.717) is 0 Å². The molecule has 4 aromatic rings. The van der Waals surface area contributed by atoms with Crippen LogP contribution < -0.4 is 15.5 Å². The summed E-state index contributed by atoms with van der Waals surface area (Å²) in [4.78, 5) is 26.0. The number of amides is 1. The number of fused-ring (bicyclic) bond motifs is 3. The van der Waals surface area contributed by atoms with Gasteiger partial charge in [0.1, 0.15) is 17.8 Å². The molecule has 4 heterocycles. The maximum absolute atomic E-state index is 11.3. The Labute approximate surface area is 192 Å². The molecule has 0 unspecified atom stereocenters. The molecule has 0 radical (unpaired) electrons. The number of carbonyl (C=O) groups excluding carboxylic acids is 1. The van der Waals surface area contributed by atoms with Crippen LogP contribution in [0.3, 0.4) is 0 Å². The van der Waals surface area contributed by atoms with Crippen molar-refractivity contribution in [3.8, 4) is 11.1 Å². The number of rotatable bonds is 3. The first-order valence-corrected chi connectivity index (χ1v) is 11.4. The fraction of sp³-hybridized carbons (Fsp3) is 0.269. The van der Waals surface area contributed by atoms with Gasteiger partial charge in [0.25, 0.3) is 0 Å². The van der Waals surface area contributed by atoms with Crippen LogP contribution >= 0.6 is 0 Å². The van der Waals surface area contributed by atoms with Crippen molar-refractivity contribution in [2.75, 3.05) is 29.9 Å². The minimum atomic E-state index is -0.0607. The van der Waals surface area contributed by atoms with Crippen molar-refractivity contribution >= 4 is 34.1 Å². The lowest BCUT2D eigenvalue weighted by molar-refractivity contribution is -0.114. The van der Waals surface area contributed by atoms with Gasteiger partial charge in [-0.15, -0.1) is 0 Å². The zero-order chi connectivity index (χ0) is 22.4. The molecule has 2 aromatic heterocycles. The topological polar surface area (TPSA) is 85.9 Å². The number of anilines is 3. The first-order valence-electron chi connectivity index (χ1n) is 11.4. The fourth-order valence-electron chi connectivity index (χ4n) is 5.39. The number of piperidine rings is 1. The Balaban J connectivity index is 1.44. The number of nitrogens with one attached hydrogen (secondary N) is 3. The second-order valence-electron chi connectivity index (χ2n) is 9.04. The third-order valence-corrected chi connectivity index (χ3v) is 7.01. The second kappa shape index (κ2) is 7.71. The molecular weight excluding hydrogens is 412 g/mol. The lowest BCUT2D eigenvalue weighted by Gasteiger charge is -2.35. The van der Waals surface area contributed by atoms with E-state index in [2.05, 4.69) is 61.9 Å². The Kier molecular flexibility index (Phi) is 4.66. The highest BCUT2D eigenvalue weighted by atomic mass is 16.1. The standard InChI is InChI=1S/C26H26N6O/c1-17(33)31-20-5-2-18(3-6-20)19-4-7-23-22(14-19)26(9-12-27-13-10-26)15-32(23)25-21-8-11-28-24(21)29-16-30-25/h2-8,11,14,16,27H,9-10,12-13,15H2,1H3,(H,31,33)(H,28,29,30). The molecule has 33 heavy (non-hydrogen) atoms. The number of carbonyl (C=O) groups is 1. The Hall–Kier alpha value is -3.71. The number of benzene rings is 2. The van der Waals surface area contributed by atoms with E-state index in [9.17, 15) is 4.79 Å². The average Bonchev–Trinajstić information content (AvgIpc) is 3.43. The summed E-state index contributed by atoms with van der Waals surface area (Å²) in [6.45, 7) is 4.49. The van der Waals surface area contributed by atoms with E-state index in [1.807, 2.05) is 18.3 Å². The van der Waals surface area contributed by atoms with Crippen LogP contribution in [0, 0.1) is 0 Å². The van der Waals surface area contributed by atoms with Crippen LogP contribution in [0.25, 0.3) is 22.2 Å². The molecule has 7 nitrogen and oxygen atoms in total. The molecule has 1 fully saturated rings. The predicted molar refractivity (Wildman–Crippen MR) is 131 cm³/mol. The van der Waals surface area contributed by atoms with Gasteiger partial charge in [0.15, 0.2) is 0 Å². The Morgan fingerprint density at radius 2 is 1.82 bits per heavy atom. The Bertz CT molecular complexity index is 1340. The van der Waals surface area contributed by atoms with Gasteiger partial charge in [-0.3, -0.25) is 4.79 Å². The third kappa shape index (κ3) is 3.36. The van der Waals surface area contributed by atoms with Gasteiger partial charge >= 0.3 is 0 Å². The smallest absolute Gasteiger partial charge is 0.221 e. The van der Waals surface area contributed by atoms with Crippen molar-refractivity contribution in [1.29, 1.82) is 0 Å². The van der Waals surface area contributed by atoms with Crippen molar-refractivity contribution in [2.45, 2.75) is 25.2 Å². The lowest BCUT2D eigenvalue weighted by Crippen LogP contribution is -2.42. The molecule has 7 heteroatoms. The molecule has 166 valence electrons. The highest BCUT2D eigenvalue weighted by molar-refractivity contribution is 5.92. The molecule has 1 saturated heterocycles. The van der Waals surface area contributed by atoms with Crippen LogP contribution in [0.4, 0.5) is 17.2 Å². The van der Waals surface area contributed by atoms with E-state index in [0.717, 1.165) is 60.6 Å². The maximum Gasteiger partial charge on any atom is 0.221 e. The van der Waals surface area contributed by atoms with Crippen LogP contribution in [-0.2, 0) is 10.2 Å². The molecule has 3 N–H and O–H groups in total. The summed E-state index contributed by atoms with van der Waals surface area (Å²) in [5.41, 5.74) is 6.74. The number of aromatic nitrogens is 3. The van der Waals surface area contributed by atoms with E-state index in [1.165, 1.54) is 23.7 Å². The van der Waals surface area contributed by atoms with Crippen LogP contribution in [-0.4, -0.2) is 40.5 Å². The van der Waals surface area contributed by atoms with Crippen LogP contribution in [0.2, 0.25) is 0 Å². The highest BCUT2D eigenvalue weighted by Crippen LogP contribution is 2.50. The molecular formula is C26H26N6O. The SMILES string of the molecule is CC(=O)Nc1ccc(-c2ccc3c(c2)C2(CCNCC2)CN3c2ncnc3[nH]ccc23)cc1. The number of hydrogen-bond donors (Lipinski definition) is 3. The summed E-state index contributed by atoms with van der Waals surface area (Å²) in [7, 11) is 0. The molecule has 2 aliphatic heterocycles. The summed E-state index contributed by atoms with van der Waals surface area (Å²) in [5.74, 6) is 0.903. The number of nitrogens with zero attached hydrogens (tertiary/aromatic N) is 3. The van der Waals surface area contributed by atoms with Crippen LogP contribution in [0.1, 0.15) is 25.3 Å². The monoisotopic (exact) mass is 438 g/mol.